The summed E-state index contributed by atoms with van der Waals surface area (Å²) in [4.78, 5) is 11.8. The smallest absolute Gasteiger partial charge is 0.408 e. The van der Waals surface area contributed by atoms with Crippen molar-refractivity contribution in [1.82, 2.24) is 4.57 Å². The van der Waals surface area contributed by atoms with E-state index in [1.807, 2.05) is 51.1 Å². The highest BCUT2D eigenvalue weighted by Gasteiger charge is 2.06. The van der Waals surface area contributed by atoms with E-state index in [1.54, 1.807) is 10.6 Å². The van der Waals surface area contributed by atoms with Crippen molar-refractivity contribution in [2.75, 3.05) is 0 Å². The van der Waals surface area contributed by atoms with E-state index in [0.717, 1.165) is 16.6 Å². The minimum atomic E-state index is -0.350. The van der Waals surface area contributed by atoms with Gasteiger partial charge in [-0.15, -0.1) is 0 Å². The molecule has 0 radical (unpaired) electrons. The Morgan fingerprint density at radius 3 is 2.59 bits per heavy atom. The lowest BCUT2D eigenvalue weighted by Crippen LogP contribution is -2.30. The molecule has 0 amide bonds. The van der Waals surface area contributed by atoms with E-state index >= 15 is 0 Å². The average Bonchev–Trinajstić information content (AvgIpc) is 2.65. The van der Waals surface area contributed by atoms with E-state index in [-0.39, 0.29) is 5.76 Å². The minimum Gasteiger partial charge on any atom is -0.408 e. The van der Waals surface area contributed by atoms with Crippen LogP contribution in [-0.2, 0) is 0 Å². The Balaban J connectivity index is 2.86. The summed E-state index contributed by atoms with van der Waals surface area (Å²) < 4.78 is 6.79. The van der Waals surface area contributed by atoms with Gasteiger partial charge < -0.3 is 4.42 Å². The van der Waals surface area contributed by atoms with Crippen LogP contribution < -0.4 is 16.5 Å². The molecule has 2 rings (SSSR count). The van der Waals surface area contributed by atoms with Gasteiger partial charge in [0.05, 0.1) is 11.0 Å². The molecular weight excluding hydrogens is 214 g/mol. The van der Waals surface area contributed by atoms with Crippen LogP contribution in [0, 0.1) is 6.92 Å². The van der Waals surface area contributed by atoms with Crippen molar-refractivity contribution in [3.63, 3.8) is 0 Å². The Morgan fingerprint density at radius 2 is 2.00 bits per heavy atom. The zero-order valence-electron chi connectivity index (χ0n) is 10.2. The molecule has 2 aromatic rings. The van der Waals surface area contributed by atoms with Gasteiger partial charge in [-0.2, -0.15) is 0 Å². The van der Waals surface area contributed by atoms with Gasteiger partial charge in [0, 0.05) is 0 Å². The molecule has 3 heteroatoms. The second kappa shape index (κ2) is 4.45. The Morgan fingerprint density at radius 1 is 1.24 bits per heavy atom. The largest absolute Gasteiger partial charge is 0.424 e. The summed E-state index contributed by atoms with van der Waals surface area (Å²) in [5, 5.41) is 0.795. The lowest BCUT2D eigenvalue weighted by molar-refractivity contribution is 0.477. The highest BCUT2D eigenvalue weighted by atomic mass is 16.4. The first-order valence-electron chi connectivity index (χ1n) is 5.59. The highest BCUT2D eigenvalue weighted by Crippen LogP contribution is 2.05. The number of nitrogens with zero attached hydrogens (tertiary/aromatic N) is 1. The van der Waals surface area contributed by atoms with Crippen molar-refractivity contribution < 1.29 is 4.42 Å². The van der Waals surface area contributed by atoms with Gasteiger partial charge >= 0.3 is 5.76 Å². The summed E-state index contributed by atoms with van der Waals surface area (Å²) in [5.41, 5.74) is 2.55. The van der Waals surface area contributed by atoms with E-state index in [2.05, 4.69) is 0 Å². The summed E-state index contributed by atoms with van der Waals surface area (Å²) >= 11 is 0. The van der Waals surface area contributed by atoms with Crippen LogP contribution in [-0.4, -0.2) is 4.57 Å². The van der Waals surface area contributed by atoms with E-state index in [9.17, 15) is 4.79 Å². The molecule has 17 heavy (non-hydrogen) atoms. The summed E-state index contributed by atoms with van der Waals surface area (Å²) in [7, 11) is 0. The summed E-state index contributed by atoms with van der Waals surface area (Å²) in [6, 6.07) is 7.79. The molecule has 0 atom stereocenters. The number of hydrogen-bond donors (Lipinski definition) is 0. The van der Waals surface area contributed by atoms with Gasteiger partial charge in [0.2, 0.25) is 0 Å². The third-order valence-corrected chi connectivity index (χ3v) is 2.67. The Labute approximate surface area is 99.3 Å². The van der Waals surface area contributed by atoms with Crippen LogP contribution in [0.3, 0.4) is 0 Å². The maximum absolute atomic E-state index is 11.8. The van der Waals surface area contributed by atoms with Gasteiger partial charge in [-0.3, -0.25) is 0 Å². The quantitative estimate of drug-likeness (QED) is 0.739. The van der Waals surface area contributed by atoms with Crippen LogP contribution in [0.5, 0.6) is 0 Å². The van der Waals surface area contributed by atoms with Gasteiger partial charge in [0.1, 0.15) is 0 Å². The standard InChI is InChI=1S/C14H15NO2/c1-4-12-13(5-2)17-14(16)15(12)11-8-6-7-10(3)9-11/h4-9H,1-3H3/b12-4-,13-5-. The third-order valence-electron chi connectivity index (χ3n) is 2.67. The number of oxazole rings is 1. The maximum Gasteiger partial charge on any atom is 0.424 e. The van der Waals surface area contributed by atoms with E-state index in [1.165, 1.54) is 0 Å². The number of hydrogen-bond acceptors (Lipinski definition) is 2. The fraction of sp³-hybridized carbons (Fsp3) is 0.214. The van der Waals surface area contributed by atoms with Crippen molar-refractivity contribution in [3.05, 3.63) is 51.1 Å². The molecule has 0 bridgehead atoms. The molecular formula is C14H15NO2. The molecule has 3 nitrogen and oxygen atoms in total. The lowest BCUT2D eigenvalue weighted by atomic mass is 10.2. The Bertz CT molecular complexity index is 705. The third kappa shape index (κ3) is 1.96. The molecule has 0 aliphatic heterocycles. The molecule has 0 aliphatic rings. The van der Waals surface area contributed by atoms with Crippen LogP contribution in [0.15, 0.2) is 33.5 Å². The van der Waals surface area contributed by atoms with Crippen molar-refractivity contribution >= 4 is 12.2 Å². The SMILES string of the molecule is C/C=c1\oc(=O)n(-c2cccc(C)c2)\c1=C/C. The number of aromatic nitrogens is 1. The first-order valence-corrected chi connectivity index (χ1v) is 5.59. The molecule has 88 valence electrons. The molecule has 1 aromatic carbocycles. The van der Waals surface area contributed by atoms with Crippen molar-refractivity contribution in [1.29, 1.82) is 0 Å². The second-order valence-corrected chi connectivity index (χ2v) is 3.87. The van der Waals surface area contributed by atoms with Gasteiger partial charge in [0.25, 0.3) is 0 Å². The molecule has 0 unspecified atom stereocenters. The van der Waals surface area contributed by atoms with Gasteiger partial charge in [-0.05, 0) is 44.5 Å². The van der Waals surface area contributed by atoms with E-state index < -0.39 is 0 Å². The summed E-state index contributed by atoms with van der Waals surface area (Å²) in [5.74, 6) is -0.350. The molecule has 0 N–H and O–H groups in total. The monoisotopic (exact) mass is 229 g/mol. The fourth-order valence-electron chi connectivity index (χ4n) is 1.89. The van der Waals surface area contributed by atoms with Crippen molar-refractivity contribution in [3.8, 4) is 5.69 Å². The molecule has 1 aromatic heterocycles. The maximum atomic E-state index is 11.8. The molecule has 0 aliphatic carbocycles. The summed E-state index contributed by atoms with van der Waals surface area (Å²) in [6.45, 7) is 5.74. The van der Waals surface area contributed by atoms with E-state index in [4.69, 9.17) is 4.42 Å². The zero-order valence-corrected chi connectivity index (χ0v) is 10.2. The van der Waals surface area contributed by atoms with E-state index in [0.29, 0.717) is 5.42 Å². The fourth-order valence-corrected chi connectivity index (χ4v) is 1.89. The van der Waals surface area contributed by atoms with Crippen LogP contribution in [0.25, 0.3) is 17.8 Å². The number of benzene rings is 1. The number of rotatable bonds is 1. The van der Waals surface area contributed by atoms with Crippen LogP contribution in [0.1, 0.15) is 19.4 Å². The molecule has 0 fully saturated rings. The normalized spacial score (nSPS) is 13.4. The van der Waals surface area contributed by atoms with Crippen molar-refractivity contribution in [2.24, 2.45) is 0 Å². The molecule has 1 heterocycles. The van der Waals surface area contributed by atoms with Gasteiger partial charge in [0.15, 0.2) is 5.42 Å². The number of aryl methyl sites for hydroxylation is 1. The molecule has 0 saturated heterocycles. The summed E-state index contributed by atoms with van der Waals surface area (Å²) in [6.07, 6.45) is 3.67. The van der Waals surface area contributed by atoms with Gasteiger partial charge in [-0.25, -0.2) is 9.36 Å². The molecule has 0 saturated carbocycles. The second-order valence-electron chi connectivity index (χ2n) is 3.87. The average molecular weight is 229 g/mol. The first-order chi connectivity index (χ1) is 8.17. The Kier molecular flexibility index (Phi) is 3.00. The van der Waals surface area contributed by atoms with Crippen LogP contribution in [0.2, 0.25) is 0 Å². The Hall–Kier alpha value is -2.03. The van der Waals surface area contributed by atoms with Crippen LogP contribution >= 0.6 is 0 Å². The van der Waals surface area contributed by atoms with Crippen molar-refractivity contribution in [2.45, 2.75) is 20.8 Å². The highest BCUT2D eigenvalue weighted by molar-refractivity contribution is 5.37. The molecule has 0 spiro atoms. The minimum absolute atomic E-state index is 0.350. The lowest BCUT2D eigenvalue weighted by Gasteiger charge is -2.01. The zero-order chi connectivity index (χ0) is 12.4. The van der Waals surface area contributed by atoms with Gasteiger partial charge in [-0.1, -0.05) is 18.2 Å². The topological polar surface area (TPSA) is 35.1 Å². The predicted octanol–water partition coefficient (Wildman–Crippen LogP) is 1.34. The van der Waals surface area contributed by atoms with Crippen LogP contribution in [0.4, 0.5) is 0 Å². The first kappa shape index (κ1) is 11.5. The predicted molar refractivity (Wildman–Crippen MR) is 68.6 cm³/mol.